The number of hydrazine groups is 1. The van der Waals surface area contributed by atoms with Crippen LogP contribution in [0.5, 0.6) is 0 Å². The van der Waals surface area contributed by atoms with Gasteiger partial charge >= 0.3 is 0 Å². The van der Waals surface area contributed by atoms with E-state index in [2.05, 4.69) is 26.8 Å². The predicted molar refractivity (Wildman–Crippen MR) is 91.9 cm³/mol. The molecule has 1 fully saturated rings. The number of hydrogen-bond donors (Lipinski definition) is 2. The molecule has 0 unspecified atom stereocenters. The van der Waals surface area contributed by atoms with Crippen molar-refractivity contribution in [2.75, 3.05) is 13.1 Å². The fourth-order valence-electron chi connectivity index (χ4n) is 2.92. The number of aromatic nitrogens is 3. The average Bonchev–Trinajstić information content (AvgIpc) is 2.83. The highest BCUT2D eigenvalue weighted by atomic mass is 16.1. The molecule has 0 aliphatic carbocycles. The van der Waals surface area contributed by atoms with Crippen LogP contribution in [0, 0.1) is 13.8 Å². The van der Waals surface area contributed by atoms with Crippen LogP contribution in [0.3, 0.4) is 0 Å². The van der Waals surface area contributed by atoms with Crippen LogP contribution in [0.2, 0.25) is 0 Å². The van der Waals surface area contributed by atoms with Gasteiger partial charge in [0, 0.05) is 37.9 Å². The molecule has 3 N–H and O–H groups in total. The predicted octanol–water partition coefficient (Wildman–Crippen LogP) is 1.02. The lowest BCUT2D eigenvalue weighted by Gasteiger charge is -2.35. The Morgan fingerprint density at radius 1 is 1.38 bits per heavy atom. The number of nitrogens with two attached hydrogens (primary N) is 1. The second-order valence-corrected chi connectivity index (χ2v) is 6.29. The van der Waals surface area contributed by atoms with Gasteiger partial charge in [-0.05, 0) is 32.4 Å². The molecule has 0 radical (unpaired) electrons. The molecule has 1 aliphatic heterocycles. The van der Waals surface area contributed by atoms with E-state index >= 15 is 0 Å². The molecular formula is C17H24N6O. The molecule has 0 saturated carbocycles. The Balaban J connectivity index is 1.60. The minimum Gasteiger partial charge on any atom is -0.351 e. The van der Waals surface area contributed by atoms with Crippen LogP contribution in [-0.4, -0.2) is 44.6 Å². The largest absolute Gasteiger partial charge is 0.351 e. The molecule has 1 amide bonds. The van der Waals surface area contributed by atoms with Gasteiger partial charge in [-0.2, -0.15) is 0 Å². The van der Waals surface area contributed by atoms with Crippen LogP contribution in [0.4, 0.5) is 0 Å². The number of carbonyl (C=O) groups is 1. The number of rotatable bonds is 6. The molecule has 3 rings (SSSR count). The smallest absolute Gasteiger partial charge is 0.220 e. The fraction of sp³-hybridized carbons (Fsp3) is 0.471. The maximum absolute atomic E-state index is 12.0. The second kappa shape index (κ2) is 7.11. The van der Waals surface area contributed by atoms with E-state index in [1.54, 1.807) is 11.2 Å². The summed E-state index contributed by atoms with van der Waals surface area (Å²) in [4.78, 5) is 21.0. The van der Waals surface area contributed by atoms with Crippen molar-refractivity contribution in [1.82, 2.24) is 24.9 Å². The van der Waals surface area contributed by atoms with Crippen LogP contribution < -0.4 is 11.2 Å². The van der Waals surface area contributed by atoms with Gasteiger partial charge in [0.05, 0.1) is 11.7 Å². The standard InChI is InChI=1S/C17H24N6O/c1-12-13(2)23(17(20-12)15-6-3-4-8-19-15)9-5-7-16(24)21-14-10-22(18)11-14/h3-4,6,8,14H,5,7,9-11,18H2,1-2H3,(H,21,24). The summed E-state index contributed by atoms with van der Waals surface area (Å²) in [6.07, 6.45) is 3.03. The van der Waals surface area contributed by atoms with E-state index in [0.717, 1.165) is 49.0 Å². The van der Waals surface area contributed by atoms with Gasteiger partial charge in [0.15, 0.2) is 5.82 Å². The van der Waals surface area contributed by atoms with E-state index in [1.165, 1.54) is 0 Å². The third-order valence-corrected chi connectivity index (χ3v) is 4.41. The lowest BCUT2D eigenvalue weighted by atomic mass is 10.1. The summed E-state index contributed by atoms with van der Waals surface area (Å²) in [5.41, 5.74) is 2.97. The Morgan fingerprint density at radius 3 is 2.83 bits per heavy atom. The Hall–Kier alpha value is -2.25. The maximum Gasteiger partial charge on any atom is 0.220 e. The highest BCUT2D eigenvalue weighted by molar-refractivity contribution is 5.76. The Kier molecular flexibility index (Phi) is 4.92. The van der Waals surface area contributed by atoms with Crippen molar-refractivity contribution in [3.8, 4) is 11.5 Å². The summed E-state index contributed by atoms with van der Waals surface area (Å²) in [7, 11) is 0. The van der Waals surface area contributed by atoms with Crippen molar-refractivity contribution < 1.29 is 4.79 Å². The van der Waals surface area contributed by atoms with Crippen molar-refractivity contribution in [2.45, 2.75) is 39.3 Å². The molecule has 1 aliphatic rings. The van der Waals surface area contributed by atoms with Gasteiger partial charge in [0.1, 0.15) is 5.69 Å². The molecule has 1 saturated heterocycles. The third kappa shape index (κ3) is 3.63. The first-order chi connectivity index (χ1) is 11.5. The highest BCUT2D eigenvalue weighted by Gasteiger charge is 2.25. The first-order valence-corrected chi connectivity index (χ1v) is 8.28. The minimum absolute atomic E-state index is 0.0852. The van der Waals surface area contributed by atoms with Crippen molar-refractivity contribution in [2.24, 2.45) is 5.84 Å². The number of imidazole rings is 1. The molecule has 2 aromatic rings. The lowest BCUT2D eigenvalue weighted by Crippen LogP contribution is -2.61. The summed E-state index contributed by atoms with van der Waals surface area (Å²) >= 11 is 0. The fourth-order valence-corrected chi connectivity index (χ4v) is 2.92. The highest BCUT2D eigenvalue weighted by Crippen LogP contribution is 2.20. The van der Waals surface area contributed by atoms with E-state index in [0.29, 0.717) is 6.42 Å². The van der Waals surface area contributed by atoms with E-state index in [4.69, 9.17) is 5.84 Å². The summed E-state index contributed by atoms with van der Waals surface area (Å²) < 4.78 is 2.15. The Morgan fingerprint density at radius 2 is 2.17 bits per heavy atom. The lowest BCUT2D eigenvalue weighted by molar-refractivity contribution is -0.123. The number of pyridine rings is 1. The topological polar surface area (TPSA) is 89.1 Å². The monoisotopic (exact) mass is 328 g/mol. The van der Waals surface area contributed by atoms with Crippen LogP contribution in [0.1, 0.15) is 24.2 Å². The number of amides is 1. The second-order valence-electron chi connectivity index (χ2n) is 6.29. The van der Waals surface area contributed by atoms with E-state index in [1.807, 2.05) is 25.1 Å². The summed E-state index contributed by atoms with van der Waals surface area (Å²) in [6, 6.07) is 6.01. The van der Waals surface area contributed by atoms with Gasteiger partial charge in [-0.1, -0.05) is 6.07 Å². The molecule has 0 spiro atoms. The van der Waals surface area contributed by atoms with Crippen LogP contribution in [-0.2, 0) is 11.3 Å². The van der Waals surface area contributed by atoms with Gasteiger partial charge in [0.25, 0.3) is 0 Å². The van der Waals surface area contributed by atoms with Crippen LogP contribution in [0.15, 0.2) is 24.4 Å². The number of hydrogen-bond acceptors (Lipinski definition) is 5. The number of aryl methyl sites for hydroxylation is 1. The van der Waals surface area contributed by atoms with E-state index in [9.17, 15) is 4.79 Å². The Bertz CT molecular complexity index is 705. The number of nitrogens with zero attached hydrogens (tertiary/aromatic N) is 4. The average molecular weight is 328 g/mol. The van der Waals surface area contributed by atoms with Crippen LogP contribution >= 0.6 is 0 Å². The Labute approximate surface area is 141 Å². The zero-order valence-corrected chi connectivity index (χ0v) is 14.2. The quantitative estimate of drug-likeness (QED) is 0.773. The normalized spacial score (nSPS) is 15.3. The van der Waals surface area contributed by atoms with Crippen molar-refractivity contribution in [1.29, 1.82) is 0 Å². The molecule has 128 valence electrons. The number of nitrogens with one attached hydrogen (secondary N) is 1. The molecular weight excluding hydrogens is 304 g/mol. The van der Waals surface area contributed by atoms with Crippen molar-refractivity contribution >= 4 is 5.91 Å². The molecule has 0 aromatic carbocycles. The third-order valence-electron chi connectivity index (χ3n) is 4.41. The van der Waals surface area contributed by atoms with Crippen molar-refractivity contribution in [3.05, 3.63) is 35.8 Å². The molecule has 24 heavy (non-hydrogen) atoms. The van der Waals surface area contributed by atoms with Crippen LogP contribution in [0.25, 0.3) is 11.5 Å². The summed E-state index contributed by atoms with van der Waals surface area (Å²) in [5.74, 6) is 6.53. The number of carbonyl (C=O) groups excluding carboxylic acids is 1. The zero-order valence-electron chi connectivity index (χ0n) is 14.2. The summed E-state index contributed by atoms with van der Waals surface area (Å²) in [6.45, 7) is 6.27. The van der Waals surface area contributed by atoms with E-state index in [-0.39, 0.29) is 11.9 Å². The molecule has 0 bridgehead atoms. The zero-order chi connectivity index (χ0) is 17.1. The van der Waals surface area contributed by atoms with E-state index < -0.39 is 0 Å². The molecule has 7 nitrogen and oxygen atoms in total. The molecule has 7 heteroatoms. The maximum atomic E-state index is 12.0. The minimum atomic E-state index is 0.0852. The van der Waals surface area contributed by atoms with Crippen molar-refractivity contribution in [3.63, 3.8) is 0 Å². The van der Waals surface area contributed by atoms with Gasteiger partial charge in [0.2, 0.25) is 5.91 Å². The van der Waals surface area contributed by atoms with Gasteiger partial charge < -0.3 is 9.88 Å². The molecule has 2 aromatic heterocycles. The molecule has 0 atom stereocenters. The van der Waals surface area contributed by atoms with Gasteiger partial charge in [-0.3, -0.25) is 15.6 Å². The van der Waals surface area contributed by atoms with Gasteiger partial charge in [-0.25, -0.2) is 9.99 Å². The SMILES string of the molecule is Cc1nc(-c2ccccn2)n(CCCC(=O)NC2CN(N)C2)c1C. The first kappa shape index (κ1) is 16.6. The first-order valence-electron chi connectivity index (χ1n) is 8.28. The summed E-state index contributed by atoms with van der Waals surface area (Å²) in [5, 5.41) is 4.70. The molecule has 3 heterocycles. The van der Waals surface area contributed by atoms with Gasteiger partial charge in [-0.15, -0.1) is 0 Å².